The van der Waals surface area contributed by atoms with E-state index in [-0.39, 0.29) is 18.1 Å². The zero-order valence-electron chi connectivity index (χ0n) is 7.83. The first-order valence-corrected chi connectivity index (χ1v) is 4.25. The van der Waals surface area contributed by atoms with E-state index in [9.17, 15) is 4.79 Å². The quantitative estimate of drug-likeness (QED) is 0.610. The van der Waals surface area contributed by atoms with Crippen molar-refractivity contribution in [2.75, 3.05) is 13.2 Å². The smallest absolute Gasteiger partial charge is 0.341 e. The van der Waals surface area contributed by atoms with Crippen molar-refractivity contribution in [2.45, 2.75) is 6.10 Å². The van der Waals surface area contributed by atoms with Crippen molar-refractivity contribution in [3.8, 4) is 5.88 Å². The minimum atomic E-state index is -1.16. The SMILES string of the molecule is O=C(O)c1cccnc1OCC(O)CO. The molecular weight excluding hydrogens is 202 g/mol. The first kappa shape index (κ1) is 11.4. The second kappa shape index (κ2) is 5.28. The number of ether oxygens (including phenoxy) is 1. The maximum absolute atomic E-state index is 10.7. The van der Waals surface area contributed by atoms with E-state index in [1.54, 1.807) is 0 Å². The van der Waals surface area contributed by atoms with E-state index in [4.69, 9.17) is 20.1 Å². The van der Waals surface area contributed by atoms with Crippen LogP contribution in [0.2, 0.25) is 0 Å². The van der Waals surface area contributed by atoms with Crippen LogP contribution >= 0.6 is 0 Å². The predicted molar refractivity (Wildman–Crippen MR) is 49.8 cm³/mol. The molecule has 6 nitrogen and oxygen atoms in total. The van der Waals surface area contributed by atoms with Gasteiger partial charge in [-0.25, -0.2) is 9.78 Å². The molecule has 1 rings (SSSR count). The number of carboxylic acid groups (broad SMARTS) is 1. The molecule has 0 aliphatic heterocycles. The molecule has 0 aliphatic carbocycles. The van der Waals surface area contributed by atoms with E-state index >= 15 is 0 Å². The van der Waals surface area contributed by atoms with Crippen LogP contribution < -0.4 is 4.74 Å². The van der Waals surface area contributed by atoms with E-state index in [1.807, 2.05) is 0 Å². The Bertz CT molecular complexity index is 341. The fraction of sp³-hybridized carbons (Fsp3) is 0.333. The summed E-state index contributed by atoms with van der Waals surface area (Å²) in [7, 11) is 0. The van der Waals surface area contributed by atoms with Crippen LogP contribution in [0.1, 0.15) is 10.4 Å². The summed E-state index contributed by atoms with van der Waals surface area (Å²) in [6.07, 6.45) is 0.334. The normalized spacial score (nSPS) is 12.1. The second-order valence-electron chi connectivity index (χ2n) is 2.81. The van der Waals surface area contributed by atoms with Crippen LogP contribution in [0, 0.1) is 0 Å². The first-order valence-electron chi connectivity index (χ1n) is 4.25. The van der Waals surface area contributed by atoms with Crippen molar-refractivity contribution >= 4 is 5.97 Å². The van der Waals surface area contributed by atoms with Crippen molar-refractivity contribution in [1.82, 2.24) is 4.98 Å². The largest absolute Gasteiger partial charge is 0.477 e. The molecule has 3 N–H and O–H groups in total. The Hall–Kier alpha value is -1.66. The summed E-state index contributed by atoms with van der Waals surface area (Å²) in [6.45, 7) is -0.650. The van der Waals surface area contributed by atoms with Gasteiger partial charge in [-0.1, -0.05) is 0 Å². The molecule has 0 saturated heterocycles. The number of carboxylic acids is 1. The van der Waals surface area contributed by atoms with Crippen LogP contribution in [0.15, 0.2) is 18.3 Å². The molecule has 1 heterocycles. The Kier molecular flexibility index (Phi) is 4.02. The van der Waals surface area contributed by atoms with Crippen LogP contribution in [0.4, 0.5) is 0 Å². The van der Waals surface area contributed by atoms with Crippen LogP contribution in [0.25, 0.3) is 0 Å². The Labute approximate surface area is 85.8 Å². The summed E-state index contributed by atoms with van der Waals surface area (Å²) >= 11 is 0. The Balaban J connectivity index is 2.72. The summed E-state index contributed by atoms with van der Waals surface area (Å²) in [5.41, 5.74) is -0.0809. The molecule has 0 bridgehead atoms. The molecule has 1 unspecified atom stereocenters. The highest BCUT2D eigenvalue weighted by molar-refractivity contribution is 5.90. The minimum Gasteiger partial charge on any atom is -0.477 e. The molecule has 0 aliphatic rings. The first-order chi connectivity index (χ1) is 7.15. The third kappa shape index (κ3) is 3.19. The molecule has 6 heteroatoms. The fourth-order valence-corrected chi connectivity index (χ4v) is 0.896. The number of nitrogens with zero attached hydrogens (tertiary/aromatic N) is 1. The van der Waals surface area contributed by atoms with Crippen molar-refractivity contribution < 1.29 is 24.9 Å². The van der Waals surface area contributed by atoms with Gasteiger partial charge in [-0.05, 0) is 12.1 Å². The lowest BCUT2D eigenvalue weighted by Crippen LogP contribution is -2.22. The summed E-state index contributed by atoms with van der Waals surface area (Å²) < 4.78 is 4.95. The average Bonchev–Trinajstić information content (AvgIpc) is 2.26. The lowest BCUT2D eigenvalue weighted by atomic mass is 10.3. The minimum absolute atomic E-state index is 0.0718. The van der Waals surface area contributed by atoms with Crippen LogP contribution in [-0.2, 0) is 0 Å². The van der Waals surface area contributed by atoms with Crippen molar-refractivity contribution in [1.29, 1.82) is 0 Å². The highest BCUT2D eigenvalue weighted by atomic mass is 16.5. The number of rotatable bonds is 5. The van der Waals surface area contributed by atoms with Gasteiger partial charge >= 0.3 is 5.97 Å². The molecule has 1 atom stereocenters. The van der Waals surface area contributed by atoms with E-state index in [1.165, 1.54) is 18.3 Å². The Morgan fingerprint density at radius 3 is 2.93 bits per heavy atom. The number of aromatic carboxylic acids is 1. The zero-order valence-corrected chi connectivity index (χ0v) is 7.83. The maximum atomic E-state index is 10.7. The highest BCUT2D eigenvalue weighted by Gasteiger charge is 2.13. The molecule has 0 saturated carbocycles. The lowest BCUT2D eigenvalue weighted by Gasteiger charge is -2.10. The van der Waals surface area contributed by atoms with Gasteiger partial charge < -0.3 is 20.1 Å². The highest BCUT2D eigenvalue weighted by Crippen LogP contribution is 2.13. The molecular formula is C9H11NO5. The zero-order chi connectivity index (χ0) is 11.3. The molecule has 1 aromatic rings. The third-order valence-corrected chi connectivity index (χ3v) is 1.62. The standard InChI is InChI=1S/C9H11NO5/c11-4-6(12)5-15-8-7(9(13)14)2-1-3-10-8/h1-3,6,11-12H,4-5H2,(H,13,14). The number of aromatic nitrogens is 1. The summed E-state index contributed by atoms with van der Waals surface area (Å²) in [5.74, 6) is -1.23. The molecule has 15 heavy (non-hydrogen) atoms. The predicted octanol–water partition coefficient (Wildman–Crippen LogP) is -0.488. The number of hydrogen-bond donors (Lipinski definition) is 3. The van der Waals surface area contributed by atoms with Gasteiger partial charge in [0.25, 0.3) is 0 Å². The van der Waals surface area contributed by atoms with E-state index < -0.39 is 18.7 Å². The number of aliphatic hydroxyl groups excluding tert-OH is 2. The Morgan fingerprint density at radius 2 is 2.33 bits per heavy atom. The number of hydrogen-bond acceptors (Lipinski definition) is 5. The van der Waals surface area contributed by atoms with Crippen LogP contribution in [-0.4, -0.2) is 45.6 Å². The summed E-state index contributed by atoms with van der Waals surface area (Å²) in [4.78, 5) is 14.4. The van der Waals surface area contributed by atoms with Crippen molar-refractivity contribution in [3.05, 3.63) is 23.9 Å². The lowest BCUT2D eigenvalue weighted by molar-refractivity contribution is 0.0504. The topological polar surface area (TPSA) is 99.9 Å². The van der Waals surface area contributed by atoms with Crippen molar-refractivity contribution in [3.63, 3.8) is 0 Å². The van der Waals surface area contributed by atoms with Gasteiger partial charge in [0.2, 0.25) is 5.88 Å². The van der Waals surface area contributed by atoms with E-state index in [0.717, 1.165) is 0 Å². The molecule has 0 amide bonds. The van der Waals surface area contributed by atoms with Gasteiger partial charge in [0, 0.05) is 6.20 Å². The average molecular weight is 213 g/mol. The van der Waals surface area contributed by atoms with Crippen LogP contribution in [0.3, 0.4) is 0 Å². The number of aliphatic hydroxyl groups is 2. The number of pyridine rings is 1. The summed E-state index contributed by atoms with van der Waals surface area (Å²) in [5, 5.41) is 26.3. The molecule has 0 radical (unpaired) electrons. The van der Waals surface area contributed by atoms with Gasteiger partial charge in [-0.2, -0.15) is 0 Å². The second-order valence-corrected chi connectivity index (χ2v) is 2.81. The molecule has 0 aromatic carbocycles. The van der Waals surface area contributed by atoms with Gasteiger partial charge in [0.15, 0.2) is 0 Å². The van der Waals surface area contributed by atoms with Gasteiger partial charge in [0.05, 0.1) is 6.61 Å². The van der Waals surface area contributed by atoms with Crippen molar-refractivity contribution in [2.24, 2.45) is 0 Å². The Morgan fingerprint density at radius 1 is 1.60 bits per heavy atom. The monoisotopic (exact) mass is 213 g/mol. The molecule has 1 aromatic heterocycles. The maximum Gasteiger partial charge on any atom is 0.341 e. The molecule has 0 spiro atoms. The molecule has 82 valence electrons. The van der Waals surface area contributed by atoms with Gasteiger partial charge in [-0.3, -0.25) is 0 Å². The van der Waals surface area contributed by atoms with Gasteiger partial charge in [0.1, 0.15) is 18.3 Å². The van der Waals surface area contributed by atoms with Gasteiger partial charge in [-0.15, -0.1) is 0 Å². The van der Waals surface area contributed by atoms with E-state index in [0.29, 0.717) is 0 Å². The third-order valence-electron chi connectivity index (χ3n) is 1.62. The fourth-order valence-electron chi connectivity index (χ4n) is 0.896. The summed E-state index contributed by atoms with van der Waals surface area (Å²) in [6, 6.07) is 2.81. The number of carbonyl (C=O) groups is 1. The van der Waals surface area contributed by atoms with E-state index in [2.05, 4.69) is 4.98 Å². The van der Waals surface area contributed by atoms with Crippen LogP contribution in [0.5, 0.6) is 5.88 Å². The molecule has 0 fully saturated rings.